The Morgan fingerprint density at radius 1 is 1.20 bits per heavy atom. The van der Waals surface area contributed by atoms with Crippen molar-refractivity contribution in [1.29, 1.82) is 0 Å². The maximum atomic E-state index is 11.7. The van der Waals surface area contributed by atoms with E-state index in [0.717, 1.165) is 37.9 Å². The maximum absolute atomic E-state index is 11.7. The lowest BCUT2D eigenvalue weighted by atomic mass is 10.2. The Balaban J connectivity index is 1.81. The Kier molecular flexibility index (Phi) is 6.91. The van der Waals surface area contributed by atoms with Crippen molar-refractivity contribution in [2.24, 2.45) is 4.99 Å². The smallest absolute Gasteiger partial charge is 0.223 e. The number of aliphatic imine (C=N–C) groups is 1. The average Bonchev–Trinajstić information content (AvgIpc) is 2.65. The minimum Gasteiger partial charge on any atom is -0.497 e. The van der Waals surface area contributed by atoms with Crippen molar-refractivity contribution in [3.63, 3.8) is 0 Å². The first-order chi connectivity index (χ1) is 12.0. The summed E-state index contributed by atoms with van der Waals surface area (Å²) in [7, 11) is 7.01. The third-order valence-corrected chi connectivity index (χ3v) is 4.35. The molecule has 1 fully saturated rings. The van der Waals surface area contributed by atoms with Gasteiger partial charge in [0.25, 0.3) is 0 Å². The van der Waals surface area contributed by atoms with Crippen molar-refractivity contribution < 1.29 is 9.53 Å². The van der Waals surface area contributed by atoms with Gasteiger partial charge in [-0.05, 0) is 24.3 Å². The molecule has 1 aromatic rings. The number of methoxy groups -OCH3 is 1. The molecule has 138 valence electrons. The van der Waals surface area contributed by atoms with Crippen LogP contribution < -0.4 is 15.0 Å². The van der Waals surface area contributed by atoms with Gasteiger partial charge in [-0.25, -0.2) is 0 Å². The zero-order valence-electron chi connectivity index (χ0n) is 15.7. The quantitative estimate of drug-likeness (QED) is 0.633. The van der Waals surface area contributed by atoms with E-state index >= 15 is 0 Å². The monoisotopic (exact) mass is 347 g/mol. The second-order valence-electron chi connectivity index (χ2n) is 6.18. The number of carbonyl (C=O) groups excluding carboxylic acids is 1. The number of benzene rings is 1. The van der Waals surface area contributed by atoms with Crippen molar-refractivity contribution >= 4 is 17.6 Å². The Labute approximate surface area is 150 Å². The number of amides is 1. The van der Waals surface area contributed by atoms with Gasteiger partial charge in [-0.3, -0.25) is 9.79 Å². The van der Waals surface area contributed by atoms with Gasteiger partial charge in [0, 0.05) is 66.0 Å². The van der Waals surface area contributed by atoms with Gasteiger partial charge in [-0.15, -0.1) is 0 Å². The molecular formula is C18H29N5O2. The first-order valence-corrected chi connectivity index (χ1v) is 8.60. The number of rotatable bonds is 5. The fourth-order valence-corrected chi connectivity index (χ4v) is 2.81. The van der Waals surface area contributed by atoms with Gasteiger partial charge in [-0.2, -0.15) is 0 Å². The highest BCUT2D eigenvalue weighted by Gasteiger charge is 2.20. The van der Waals surface area contributed by atoms with Crippen molar-refractivity contribution in [1.82, 2.24) is 15.1 Å². The van der Waals surface area contributed by atoms with Crippen LogP contribution in [0.15, 0.2) is 29.3 Å². The lowest BCUT2D eigenvalue weighted by Gasteiger charge is -2.37. The van der Waals surface area contributed by atoms with Gasteiger partial charge in [0.15, 0.2) is 5.96 Å². The van der Waals surface area contributed by atoms with Gasteiger partial charge >= 0.3 is 0 Å². The summed E-state index contributed by atoms with van der Waals surface area (Å²) in [5, 5.41) is 3.29. The molecule has 1 amide bonds. The molecule has 0 unspecified atom stereocenters. The third kappa shape index (κ3) is 5.27. The summed E-state index contributed by atoms with van der Waals surface area (Å²) in [6.07, 6.45) is 0.470. The van der Waals surface area contributed by atoms with E-state index in [9.17, 15) is 4.79 Å². The molecule has 0 aromatic heterocycles. The lowest BCUT2D eigenvalue weighted by molar-refractivity contribution is -0.128. The summed E-state index contributed by atoms with van der Waals surface area (Å²) in [5.41, 5.74) is 1.21. The SMILES string of the molecule is CN=C(NCCC(=O)N(C)C)N1CCN(c2ccc(OC)cc2)CC1. The summed E-state index contributed by atoms with van der Waals surface area (Å²) >= 11 is 0. The van der Waals surface area contributed by atoms with Crippen LogP contribution in [0.25, 0.3) is 0 Å². The van der Waals surface area contributed by atoms with Crippen LogP contribution in [0.3, 0.4) is 0 Å². The first kappa shape index (κ1) is 18.9. The minimum absolute atomic E-state index is 0.118. The van der Waals surface area contributed by atoms with E-state index in [4.69, 9.17) is 4.74 Å². The molecule has 0 radical (unpaired) electrons. The zero-order chi connectivity index (χ0) is 18.2. The van der Waals surface area contributed by atoms with E-state index in [0.29, 0.717) is 13.0 Å². The van der Waals surface area contributed by atoms with Gasteiger partial charge < -0.3 is 24.8 Å². The second-order valence-corrected chi connectivity index (χ2v) is 6.18. The van der Waals surface area contributed by atoms with E-state index < -0.39 is 0 Å². The number of hydrogen-bond donors (Lipinski definition) is 1. The minimum atomic E-state index is 0.118. The summed E-state index contributed by atoms with van der Waals surface area (Å²) in [6.45, 7) is 4.26. The summed E-state index contributed by atoms with van der Waals surface area (Å²) in [5.74, 6) is 1.85. The van der Waals surface area contributed by atoms with Crippen LogP contribution in [0.5, 0.6) is 5.75 Å². The van der Waals surface area contributed by atoms with E-state index in [1.54, 1.807) is 33.2 Å². The van der Waals surface area contributed by atoms with Crippen molar-refractivity contribution in [3.8, 4) is 5.75 Å². The predicted molar refractivity (Wildman–Crippen MR) is 101 cm³/mol. The molecular weight excluding hydrogens is 318 g/mol. The Bertz CT molecular complexity index is 578. The molecule has 1 aromatic carbocycles. The molecule has 0 spiro atoms. The summed E-state index contributed by atoms with van der Waals surface area (Å²) in [4.78, 5) is 22.2. The highest BCUT2D eigenvalue weighted by Crippen LogP contribution is 2.20. The number of ether oxygens (including phenoxy) is 1. The summed E-state index contributed by atoms with van der Waals surface area (Å²) in [6, 6.07) is 8.16. The second kappa shape index (κ2) is 9.15. The standard InChI is InChI=1S/C18H29N5O2/c1-19-18(20-10-9-17(24)21(2)3)23-13-11-22(12-14-23)15-5-7-16(25-4)8-6-15/h5-8H,9-14H2,1-4H3,(H,19,20). The van der Waals surface area contributed by atoms with E-state index in [-0.39, 0.29) is 5.91 Å². The van der Waals surface area contributed by atoms with E-state index in [1.165, 1.54) is 5.69 Å². The number of nitrogens with zero attached hydrogens (tertiary/aromatic N) is 4. The van der Waals surface area contributed by atoms with Crippen LogP contribution in [0.1, 0.15) is 6.42 Å². The average molecular weight is 347 g/mol. The number of nitrogens with one attached hydrogen (secondary N) is 1. The van der Waals surface area contributed by atoms with Crippen LogP contribution in [0.4, 0.5) is 5.69 Å². The van der Waals surface area contributed by atoms with Gasteiger partial charge in [0.1, 0.15) is 5.75 Å². The Morgan fingerprint density at radius 2 is 1.84 bits per heavy atom. The lowest BCUT2D eigenvalue weighted by Crippen LogP contribution is -2.52. The van der Waals surface area contributed by atoms with Gasteiger partial charge in [-0.1, -0.05) is 0 Å². The van der Waals surface area contributed by atoms with Crippen molar-refractivity contribution in [2.45, 2.75) is 6.42 Å². The fourth-order valence-electron chi connectivity index (χ4n) is 2.81. The number of carbonyl (C=O) groups is 1. The number of hydrogen-bond acceptors (Lipinski definition) is 4. The molecule has 0 bridgehead atoms. The molecule has 25 heavy (non-hydrogen) atoms. The normalized spacial score (nSPS) is 15.1. The number of anilines is 1. The highest BCUT2D eigenvalue weighted by atomic mass is 16.5. The molecule has 1 saturated heterocycles. The van der Waals surface area contributed by atoms with Crippen molar-refractivity contribution in [2.75, 3.05) is 65.9 Å². The molecule has 0 aliphatic carbocycles. The largest absolute Gasteiger partial charge is 0.497 e. The highest BCUT2D eigenvalue weighted by molar-refractivity contribution is 5.81. The third-order valence-electron chi connectivity index (χ3n) is 4.35. The maximum Gasteiger partial charge on any atom is 0.223 e. The van der Waals surface area contributed by atoms with Crippen LogP contribution in [0.2, 0.25) is 0 Å². The molecule has 7 nitrogen and oxygen atoms in total. The molecule has 1 heterocycles. The number of piperazine rings is 1. The predicted octanol–water partition coefficient (Wildman–Crippen LogP) is 0.871. The molecule has 1 aliphatic rings. The van der Waals surface area contributed by atoms with Crippen molar-refractivity contribution in [3.05, 3.63) is 24.3 Å². The van der Waals surface area contributed by atoms with E-state index in [1.807, 2.05) is 12.1 Å². The van der Waals surface area contributed by atoms with Crippen LogP contribution in [-0.2, 0) is 4.79 Å². The van der Waals surface area contributed by atoms with Crippen LogP contribution in [0, 0.1) is 0 Å². The Morgan fingerprint density at radius 3 is 2.36 bits per heavy atom. The first-order valence-electron chi connectivity index (χ1n) is 8.60. The molecule has 0 atom stereocenters. The van der Waals surface area contributed by atoms with Gasteiger partial charge in [0.05, 0.1) is 7.11 Å². The zero-order valence-corrected chi connectivity index (χ0v) is 15.7. The number of guanidine groups is 1. The molecule has 1 aliphatic heterocycles. The van der Waals surface area contributed by atoms with Crippen LogP contribution >= 0.6 is 0 Å². The van der Waals surface area contributed by atoms with Crippen LogP contribution in [-0.4, -0.2) is 82.6 Å². The fraction of sp³-hybridized carbons (Fsp3) is 0.556. The molecule has 0 saturated carbocycles. The van der Waals surface area contributed by atoms with E-state index in [2.05, 4.69) is 32.2 Å². The Hall–Kier alpha value is -2.44. The molecule has 7 heteroatoms. The molecule has 2 rings (SSSR count). The molecule has 1 N–H and O–H groups in total. The van der Waals surface area contributed by atoms with Gasteiger partial charge in [0.2, 0.25) is 5.91 Å². The topological polar surface area (TPSA) is 60.4 Å². The summed E-state index contributed by atoms with van der Waals surface area (Å²) < 4.78 is 5.21.